The van der Waals surface area contributed by atoms with E-state index in [-0.39, 0.29) is 82.0 Å². The second-order valence-corrected chi connectivity index (χ2v) is 9.05. The molecule has 0 bridgehead atoms. The molecule has 28 heavy (non-hydrogen) atoms. The zero-order valence-electron chi connectivity index (χ0n) is 15.4. The van der Waals surface area contributed by atoms with Crippen LogP contribution in [0.15, 0.2) is 20.6 Å². The second-order valence-electron chi connectivity index (χ2n) is 5.53. The van der Waals surface area contributed by atoms with E-state index in [1.807, 2.05) is 0 Å². The third kappa shape index (κ3) is 6.80. The summed E-state index contributed by atoms with van der Waals surface area (Å²) in [5.41, 5.74) is -0.327. The minimum atomic E-state index is -5.00. The molecule has 2 heterocycles. The number of aliphatic carboxylic acids is 1. The summed E-state index contributed by atoms with van der Waals surface area (Å²) >= 11 is 4.13. The van der Waals surface area contributed by atoms with Crippen LogP contribution in [-0.4, -0.2) is 47.8 Å². The number of hydrogen-bond acceptors (Lipinski definition) is 9. The maximum Gasteiger partial charge on any atom is 1.00 e. The van der Waals surface area contributed by atoms with E-state index in [2.05, 4.69) is 25.4 Å². The molecule has 1 fully saturated rings. The maximum atomic E-state index is 12.3. The number of rotatable bonds is 7. The van der Waals surface area contributed by atoms with Gasteiger partial charge in [0.05, 0.1) is 33.5 Å². The van der Waals surface area contributed by atoms with Crippen molar-refractivity contribution >= 4 is 55.9 Å². The van der Waals surface area contributed by atoms with Crippen molar-refractivity contribution in [3.63, 3.8) is 0 Å². The summed E-state index contributed by atoms with van der Waals surface area (Å²) < 4.78 is 36.9. The van der Waals surface area contributed by atoms with Crippen molar-refractivity contribution in [2.45, 2.75) is 32.4 Å². The maximum absolute atomic E-state index is 12.3. The summed E-state index contributed by atoms with van der Waals surface area (Å²) in [6.45, 7) is 2.55. The molecule has 1 N–H and O–H groups in total. The predicted molar refractivity (Wildman–Crippen MR) is 89.4 cm³/mol. The normalized spacial score (nSPS) is 22.5. The first kappa shape index (κ1) is 28.6. The van der Waals surface area contributed by atoms with E-state index in [0.717, 1.165) is 16.7 Å². The Morgan fingerprint density at radius 1 is 1.43 bits per heavy atom. The topological polar surface area (TPSA) is 156 Å². The minimum absolute atomic E-state index is 0. The Morgan fingerprint density at radius 2 is 2.00 bits per heavy atom. The van der Waals surface area contributed by atoms with Crippen molar-refractivity contribution in [3.8, 4) is 0 Å². The van der Waals surface area contributed by atoms with Crippen molar-refractivity contribution in [3.05, 3.63) is 20.6 Å². The van der Waals surface area contributed by atoms with Gasteiger partial charge in [0.1, 0.15) is 0 Å². The van der Waals surface area contributed by atoms with Crippen LogP contribution in [0.25, 0.3) is 0 Å². The Hall–Kier alpha value is 0.590. The third-order valence-electron chi connectivity index (χ3n) is 3.75. The van der Waals surface area contributed by atoms with E-state index >= 15 is 0 Å². The number of carbonyl (C=O) groups excluding carboxylic acids is 3. The van der Waals surface area contributed by atoms with Crippen molar-refractivity contribution in [1.82, 2.24) is 10.2 Å². The molecule has 2 amide bonds. The number of nitrogens with zero attached hydrogens (tertiary/aromatic N) is 1. The van der Waals surface area contributed by atoms with Crippen LogP contribution in [0.3, 0.4) is 0 Å². The molecule has 0 aliphatic carbocycles. The fourth-order valence-corrected chi connectivity index (χ4v) is 4.93. The molecule has 2 rings (SSSR count). The fourth-order valence-electron chi connectivity index (χ4n) is 2.85. The van der Waals surface area contributed by atoms with Gasteiger partial charge in [-0.3, -0.25) is 13.8 Å². The first-order chi connectivity index (χ1) is 11.9. The molecule has 0 unspecified atom stereocenters. The summed E-state index contributed by atoms with van der Waals surface area (Å²) in [5.74, 6) is -3.52. The molecule has 3 atom stereocenters. The average molecular weight is 515 g/mol. The molecule has 0 spiro atoms. The van der Waals surface area contributed by atoms with Gasteiger partial charge in [-0.15, -0.1) is 0 Å². The van der Waals surface area contributed by atoms with Gasteiger partial charge in [-0.2, -0.15) is 0 Å². The van der Waals surface area contributed by atoms with Crippen LogP contribution in [0.5, 0.6) is 0 Å². The number of hydrogen-bond donors (Lipinski definition) is 1. The number of β-lactam (4-membered cyclic amide) rings is 1. The van der Waals surface area contributed by atoms with Crippen LogP contribution in [-0.2, 0) is 29.0 Å². The number of carboxylic acid groups (broad SMARTS) is 1. The molecule has 2 aliphatic rings. The quantitative estimate of drug-likeness (QED) is 0.151. The van der Waals surface area contributed by atoms with Crippen LogP contribution >= 0.6 is 27.7 Å². The van der Waals surface area contributed by atoms with Gasteiger partial charge in [0.25, 0.3) is 0 Å². The molecular weight excluding hydrogens is 502 g/mol. The number of carboxylic acids is 1. The van der Waals surface area contributed by atoms with Crippen LogP contribution in [0.4, 0.5) is 0 Å². The number of thioether (sulfide) groups is 1. The van der Waals surface area contributed by atoms with E-state index in [4.69, 9.17) is 0 Å². The Bertz CT molecular complexity index is 832. The van der Waals surface area contributed by atoms with Gasteiger partial charge in [-0.05, 0) is 22.9 Å². The monoisotopic (exact) mass is 514 g/mol. The molecule has 0 aromatic rings. The van der Waals surface area contributed by atoms with Gasteiger partial charge in [0, 0.05) is 24.4 Å². The largest absolute Gasteiger partial charge is 1.00 e. The first-order valence-electron chi connectivity index (χ1n) is 7.14. The van der Waals surface area contributed by atoms with E-state index in [9.17, 15) is 32.5 Å². The number of fused-ring (bicyclic) bond motifs is 1. The van der Waals surface area contributed by atoms with Gasteiger partial charge in [0.15, 0.2) is 0 Å². The van der Waals surface area contributed by atoms with E-state index < -0.39 is 40.3 Å². The summed E-state index contributed by atoms with van der Waals surface area (Å²) in [4.78, 5) is 35.9. The molecule has 144 valence electrons. The van der Waals surface area contributed by atoms with E-state index in [0.29, 0.717) is 3.81 Å². The van der Waals surface area contributed by atoms with E-state index in [1.54, 1.807) is 0 Å². The SMILES string of the molecule is CC(=O)NC=C(Br)SC1=C(C(=O)[O-])N2C(=O)[C@@H]([C@H](C)OS(=O)(=O)[O-])[C@H]2C1.[Na+].[Na+]. The van der Waals surface area contributed by atoms with Crippen LogP contribution in [0, 0.1) is 5.92 Å². The van der Waals surface area contributed by atoms with Crippen LogP contribution in [0.2, 0.25) is 0 Å². The summed E-state index contributed by atoms with van der Waals surface area (Å²) in [6, 6.07) is -0.657. The Balaban J connectivity index is 0.00000364. The smallest absolute Gasteiger partial charge is 0.726 e. The number of carbonyl (C=O) groups is 3. The minimum Gasteiger partial charge on any atom is -0.726 e. The van der Waals surface area contributed by atoms with Crippen molar-refractivity contribution in [1.29, 1.82) is 0 Å². The molecule has 15 heteroatoms. The summed E-state index contributed by atoms with van der Waals surface area (Å²) in [7, 11) is -5.00. The Morgan fingerprint density at radius 3 is 2.46 bits per heavy atom. The number of halogens is 1. The molecule has 1 saturated heterocycles. The zero-order chi connectivity index (χ0) is 19.8. The zero-order valence-corrected chi connectivity index (χ0v) is 22.6. The molecular formula is C13H13BrN2Na2O8S2. The Kier molecular flexibility index (Phi) is 11.5. The van der Waals surface area contributed by atoms with Crippen LogP contribution < -0.4 is 69.5 Å². The first-order valence-corrected chi connectivity index (χ1v) is 10.1. The Labute approximate surface area is 218 Å². The third-order valence-corrected chi connectivity index (χ3v) is 5.92. The molecule has 0 saturated carbocycles. The molecule has 2 aliphatic heterocycles. The standard InChI is InChI=1S/C13H15BrN2O8S2.2Na/c1-5(24-26(21,22)23)10-7-3-8(25-9(14)4-15-6(2)17)11(13(19)20)16(7)12(10)18;;/h4-5,7,10H,3H2,1-2H3,(H,15,17)(H,19,20)(H,21,22,23);;/q;2*+1/p-2/t5-,7+,10-;;/m0../s1. The molecule has 0 radical (unpaired) electrons. The molecule has 10 nitrogen and oxygen atoms in total. The van der Waals surface area contributed by atoms with Crippen molar-refractivity contribution in [2.75, 3.05) is 0 Å². The van der Waals surface area contributed by atoms with E-state index in [1.165, 1.54) is 20.0 Å². The van der Waals surface area contributed by atoms with Gasteiger partial charge in [0.2, 0.25) is 22.2 Å². The van der Waals surface area contributed by atoms with Gasteiger partial charge in [-0.1, -0.05) is 11.8 Å². The average Bonchev–Trinajstić information content (AvgIpc) is 2.77. The fraction of sp³-hybridized carbons (Fsp3) is 0.462. The van der Waals surface area contributed by atoms with Gasteiger partial charge >= 0.3 is 59.1 Å². The summed E-state index contributed by atoms with van der Waals surface area (Å²) in [6.07, 6.45) is 0.203. The predicted octanol–water partition coefficient (Wildman–Crippen LogP) is -6.89. The molecule has 0 aromatic carbocycles. The second kappa shape index (κ2) is 11.3. The van der Waals surface area contributed by atoms with Crippen molar-refractivity contribution < 1.29 is 95.8 Å². The molecule has 0 aromatic heterocycles. The van der Waals surface area contributed by atoms with Gasteiger partial charge < -0.3 is 24.7 Å². The van der Waals surface area contributed by atoms with Gasteiger partial charge in [-0.25, -0.2) is 8.42 Å². The number of nitrogens with one attached hydrogen (secondary N) is 1. The summed E-state index contributed by atoms with van der Waals surface area (Å²) in [5, 5.41) is 13.8. The van der Waals surface area contributed by atoms with Crippen LogP contribution in [0.1, 0.15) is 20.3 Å². The van der Waals surface area contributed by atoms with Crippen molar-refractivity contribution in [2.24, 2.45) is 5.92 Å². The number of amides is 2.